The van der Waals surface area contributed by atoms with Crippen LogP contribution in [0.2, 0.25) is 0 Å². The molecule has 0 aliphatic heterocycles. The van der Waals surface area contributed by atoms with Gasteiger partial charge in [-0.05, 0) is 24.5 Å². The summed E-state index contributed by atoms with van der Waals surface area (Å²) in [4.78, 5) is 0. The third-order valence-electron chi connectivity index (χ3n) is 2.74. The molecule has 1 rings (SSSR count). The van der Waals surface area contributed by atoms with Crippen LogP contribution >= 0.6 is 0 Å². The summed E-state index contributed by atoms with van der Waals surface area (Å²) in [7, 11) is 0. The zero-order valence-electron chi connectivity index (χ0n) is 10.4. The van der Waals surface area contributed by atoms with Gasteiger partial charge < -0.3 is 0 Å². The van der Waals surface area contributed by atoms with Crippen LogP contribution in [-0.4, -0.2) is 0 Å². The first-order chi connectivity index (χ1) is 7.93. The van der Waals surface area contributed by atoms with Crippen molar-refractivity contribution in [1.82, 2.24) is 0 Å². The Hall–Kier alpha value is -1.04. The van der Waals surface area contributed by atoms with Gasteiger partial charge in [0.15, 0.2) is 0 Å². The first-order valence-electron chi connectivity index (χ1n) is 6.55. The minimum Gasteiger partial charge on any atom is -0.0654 e. The zero-order chi connectivity index (χ0) is 11.5. The maximum atomic E-state index is 3.37. The molecule has 0 unspecified atom stereocenters. The first-order valence-corrected chi connectivity index (χ1v) is 6.55. The molecule has 87 valence electrons. The molecule has 0 N–H and O–H groups in total. The van der Waals surface area contributed by atoms with E-state index in [0.29, 0.717) is 0 Å². The highest BCUT2D eigenvalue weighted by atomic mass is 13.9. The summed E-state index contributed by atoms with van der Waals surface area (Å²) >= 11 is 0. The quantitative estimate of drug-likeness (QED) is 0.519. The van der Waals surface area contributed by atoms with Crippen LogP contribution in [0.1, 0.15) is 57.4 Å². The van der Waals surface area contributed by atoms with Crippen molar-refractivity contribution < 1.29 is 0 Å². The number of unbranched alkanes of at least 4 members (excludes halogenated alkanes) is 6. The smallest absolute Gasteiger partial charge is 0.0254 e. The van der Waals surface area contributed by atoms with Crippen molar-refractivity contribution >= 4 is 6.08 Å². The molecule has 0 spiro atoms. The van der Waals surface area contributed by atoms with Crippen LogP contribution < -0.4 is 0 Å². The van der Waals surface area contributed by atoms with Crippen LogP contribution in [0.4, 0.5) is 0 Å². The summed E-state index contributed by atoms with van der Waals surface area (Å²) in [5.74, 6) is 0. The number of benzene rings is 1. The van der Waals surface area contributed by atoms with Crippen molar-refractivity contribution in [3.8, 4) is 0 Å². The maximum Gasteiger partial charge on any atom is -0.0254 e. The van der Waals surface area contributed by atoms with E-state index >= 15 is 0 Å². The molecule has 0 aliphatic carbocycles. The average molecular weight is 215 g/mol. The van der Waals surface area contributed by atoms with Crippen LogP contribution in [0.25, 0.3) is 6.08 Å². The standard InChI is InChI=1S/C16H23/c1-2-3-4-5-6-7-8-10-13-16-14-11-9-12-15-16/h9,11-15H,2-8H2,1H3. The largest absolute Gasteiger partial charge is 0.0654 e. The molecular weight excluding hydrogens is 192 g/mol. The fourth-order valence-electron chi connectivity index (χ4n) is 1.75. The molecule has 1 radical (unpaired) electrons. The highest BCUT2D eigenvalue weighted by Crippen LogP contribution is 2.08. The second kappa shape index (κ2) is 9.21. The monoisotopic (exact) mass is 215 g/mol. The molecule has 16 heavy (non-hydrogen) atoms. The van der Waals surface area contributed by atoms with Crippen molar-refractivity contribution in [3.05, 3.63) is 42.0 Å². The predicted octanol–water partition coefficient (Wildman–Crippen LogP) is 5.25. The Balaban J connectivity index is 2.01. The Bertz CT molecular complexity index is 271. The summed E-state index contributed by atoms with van der Waals surface area (Å²) in [6.07, 6.45) is 14.7. The van der Waals surface area contributed by atoms with E-state index in [9.17, 15) is 0 Å². The Morgan fingerprint density at radius 2 is 1.62 bits per heavy atom. The van der Waals surface area contributed by atoms with E-state index in [1.54, 1.807) is 0 Å². The normalized spacial score (nSPS) is 11.1. The molecule has 1 aromatic rings. The van der Waals surface area contributed by atoms with E-state index in [1.807, 2.05) is 6.07 Å². The number of hydrogen-bond acceptors (Lipinski definition) is 0. The maximum absolute atomic E-state index is 3.37. The van der Waals surface area contributed by atoms with Gasteiger partial charge in [-0.1, -0.05) is 75.4 Å². The fraction of sp³-hybridized carbons (Fsp3) is 0.500. The van der Waals surface area contributed by atoms with E-state index in [1.165, 1.54) is 44.1 Å². The third-order valence-corrected chi connectivity index (χ3v) is 2.74. The molecule has 0 nitrogen and oxygen atoms in total. The lowest BCUT2D eigenvalue weighted by molar-refractivity contribution is 0.609. The summed E-state index contributed by atoms with van der Waals surface area (Å²) in [5.41, 5.74) is 1.26. The van der Waals surface area contributed by atoms with Gasteiger partial charge in [0.25, 0.3) is 0 Å². The van der Waals surface area contributed by atoms with Gasteiger partial charge in [0.2, 0.25) is 0 Å². The molecule has 0 atom stereocenters. The van der Waals surface area contributed by atoms with Gasteiger partial charge in [-0.25, -0.2) is 0 Å². The van der Waals surface area contributed by atoms with Gasteiger partial charge in [0.1, 0.15) is 0 Å². The molecule has 0 heteroatoms. The zero-order valence-corrected chi connectivity index (χ0v) is 10.4. The van der Waals surface area contributed by atoms with Crippen molar-refractivity contribution in [2.45, 2.75) is 51.9 Å². The molecule has 0 aromatic heterocycles. The molecule has 0 aliphatic rings. The summed E-state index contributed by atoms with van der Waals surface area (Å²) in [6, 6.07) is 10.4. The van der Waals surface area contributed by atoms with Gasteiger partial charge in [0.05, 0.1) is 0 Å². The number of rotatable bonds is 8. The second-order valence-corrected chi connectivity index (χ2v) is 4.28. The van der Waals surface area contributed by atoms with Gasteiger partial charge in [0, 0.05) is 0 Å². The van der Waals surface area contributed by atoms with Crippen molar-refractivity contribution in [2.24, 2.45) is 0 Å². The Kier molecular flexibility index (Phi) is 7.49. The summed E-state index contributed by atoms with van der Waals surface area (Å²) in [5, 5.41) is 0. The van der Waals surface area contributed by atoms with Crippen molar-refractivity contribution in [3.63, 3.8) is 0 Å². The molecule has 0 saturated heterocycles. The van der Waals surface area contributed by atoms with Gasteiger partial charge in [-0.15, -0.1) is 0 Å². The van der Waals surface area contributed by atoms with Gasteiger partial charge in [-0.3, -0.25) is 0 Å². The van der Waals surface area contributed by atoms with E-state index in [4.69, 9.17) is 0 Å². The van der Waals surface area contributed by atoms with Crippen molar-refractivity contribution in [2.75, 3.05) is 0 Å². The summed E-state index contributed by atoms with van der Waals surface area (Å²) < 4.78 is 0. The topological polar surface area (TPSA) is 0 Å². The number of allylic oxidation sites excluding steroid dienone is 1. The highest BCUT2D eigenvalue weighted by molar-refractivity contribution is 5.46. The van der Waals surface area contributed by atoms with E-state index < -0.39 is 0 Å². The molecular formula is C16H23. The van der Waals surface area contributed by atoms with E-state index in [2.05, 4.69) is 43.3 Å². The molecule has 0 bridgehead atoms. The minimum absolute atomic E-state index is 1.10. The predicted molar refractivity (Wildman–Crippen MR) is 72.1 cm³/mol. The number of hydrogen-bond donors (Lipinski definition) is 0. The lowest BCUT2D eigenvalue weighted by Gasteiger charge is -1.97. The van der Waals surface area contributed by atoms with Crippen LogP contribution in [0, 0.1) is 6.08 Å². The Morgan fingerprint density at radius 1 is 0.938 bits per heavy atom. The van der Waals surface area contributed by atoms with Gasteiger partial charge >= 0.3 is 0 Å². The van der Waals surface area contributed by atoms with Crippen LogP contribution in [0.3, 0.4) is 0 Å². The molecule has 0 amide bonds. The van der Waals surface area contributed by atoms with Crippen LogP contribution in [0.15, 0.2) is 30.3 Å². The lowest BCUT2D eigenvalue weighted by atomic mass is 10.1. The Morgan fingerprint density at radius 3 is 2.38 bits per heavy atom. The second-order valence-electron chi connectivity index (χ2n) is 4.28. The lowest BCUT2D eigenvalue weighted by Crippen LogP contribution is -1.78. The van der Waals surface area contributed by atoms with Crippen LogP contribution in [-0.2, 0) is 0 Å². The first kappa shape index (κ1) is 13.0. The molecule has 1 aromatic carbocycles. The summed E-state index contributed by atoms with van der Waals surface area (Å²) in [6.45, 7) is 2.26. The van der Waals surface area contributed by atoms with E-state index in [0.717, 1.165) is 6.42 Å². The van der Waals surface area contributed by atoms with Gasteiger partial charge in [-0.2, -0.15) is 0 Å². The Labute approximate surface area is 100 Å². The molecule has 0 fully saturated rings. The van der Waals surface area contributed by atoms with Crippen molar-refractivity contribution in [1.29, 1.82) is 0 Å². The SMILES string of the molecule is CCCCCCCC[C]=Cc1ccccc1. The average Bonchev–Trinajstić information content (AvgIpc) is 2.34. The fourth-order valence-corrected chi connectivity index (χ4v) is 1.75. The van der Waals surface area contributed by atoms with E-state index in [-0.39, 0.29) is 0 Å². The third kappa shape index (κ3) is 6.44. The van der Waals surface area contributed by atoms with Crippen LogP contribution in [0.5, 0.6) is 0 Å². The molecule has 0 saturated carbocycles. The highest BCUT2D eigenvalue weighted by Gasteiger charge is 1.88. The molecule has 0 heterocycles. The minimum atomic E-state index is 1.10.